The van der Waals surface area contributed by atoms with Crippen molar-refractivity contribution in [3.05, 3.63) is 36.4 Å². The van der Waals surface area contributed by atoms with Crippen LogP contribution in [0.1, 0.15) is 0 Å². The van der Waals surface area contributed by atoms with E-state index < -0.39 is 7.05 Å². The molecule has 2 N–H and O–H groups in total. The Kier molecular flexibility index (Phi) is 5.70. The normalized spacial score (nSPS) is 15.6. The lowest BCUT2D eigenvalue weighted by Gasteiger charge is -2.26. The van der Waals surface area contributed by atoms with E-state index in [4.69, 9.17) is 4.74 Å². The Morgan fingerprint density at radius 1 is 1.17 bits per heavy atom. The molecule has 1 saturated heterocycles. The molecule has 1 aliphatic heterocycles. The van der Waals surface area contributed by atoms with Gasteiger partial charge in [-0.1, -0.05) is 24.3 Å². The fraction of sp³-hybridized carbons (Fsp3) is 0.412. The third kappa shape index (κ3) is 4.34. The quantitative estimate of drug-likeness (QED) is 0.798. The SMILES string of the molecule is CB(O)Nc1ccc(OCCN2CCSCC2)c2ccccc12. The predicted molar refractivity (Wildman–Crippen MR) is 101 cm³/mol. The zero-order valence-corrected chi connectivity index (χ0v) is 14.3. The van der Waals surface area contributed by atoms with Crippen molar-refractivity contribution in [1.82, 2.24) is 4.90 Å². The lowest BCUT2D eigenvalue weighted by Crippen LogP contribution is -2.35. The Bertz CT molecular complexity index is 648. The third-order valence-corrected chi connectivity index (χ3v) is 4.96. The molecule has 0 radical (unpaired) electrons. The Morgan fingerprint density at radius 3 is 2.65 bits per heavy atom. The number of ether oxygens (including phenoxy) is 1. The van der Waals surface area contributed by atoms with Gasteiger partial charge in [-0.2, -0.15) is 11.8 Å². The summed E-state index contributed by atoms with van der Waals surface area (Å²) in [6.07, 6.45) is 0. The molecule has 1 aliphatic rings. The summed E-state index contributed by atoms with van der Waals surface area (Å²) < 4.78 is 6.04. The summed E-state index contributed by atoms with van der Waals surface area (Å²) in [5.74, 6) is 3.36. The number of nitrogens with zero attached hydrogens (tertiary/aromatic N) is 1. The highest BCUT2D eigenvalue weighted by Crippen LogP contribution is 2.31. The molecule has 1 heterocycles. The first kappa shape index (κ1) is 16.5. The van der Waals surface area contributed by atoms with Crippen LogP contribution in [0.2, 0.25) is 6.82 Å². The summed E-state index contributed by atoms with van der Waals surface area (Å²) in [4.78, 5) is 2.46. The maximum Gasteiger partial charge on any atom is 0.406 e. The highest BCUT2D eigenvalue weighted by Gasteiger charge is 2.12. The van der Waals surface area contributed by atoms with E-state index in [0.29, 0.717) is 6.61 Å². The summed E-state index contributed by atoms with van der Waals surface area (Å²) in [6.45, 7) is 5.72. The minimum absolute atomic E-state index is 0.581. The van der Waals surface area contributed by atoms with Gasteiger partial charge in [0, 0.05) is 47.6 Å². The van der Waals surface area contributed by atoms with Gasteiger partial charge < -0.3 is 15.0 Å². The Hall–Kier alpha value is -1.37. The average molecular weight is 330 g/mol. The Balaban J connectivity index is 1.70. The molecule has 0 amide bonds. The summed E-state index contributed by atoms with van der Waals surface area (Å²) in [5, 5.41) is 14.8. The Labute approximate surface area is 142 Å². The maximum absolute atomic E-state index is 9.57. The molecule has 0 spiro atoms. The van der Waals surface area contributed by atoms with Gasteiger partial charge >= 0.3 is 7.05 Å². The first-order valence-corrected chi connectivity index (χ1v) is 9.29. The first-order valence-electron chi connectivity index (χ1n) is 8.13. The molecule has 0 atom stereocenters. The number of nitrogens with one attached hydrogen (secondary N) is 1. The number of thioether (sulfide) groups is 1. The number of benzene rings is 2. The fourth-order valence-electron chi connectivity index (χ4n) is 2.86. The van der Waals surface area contributed by atoms with Crippen LogP contribution in [0.25, 0.3) is 10.8 Å². The Morgan fingerprint density at radius 2 is 1.91 bits per heavy atom. The average Bonchev–Trinajstić information content (AvgIpc) is 2.57. The molecule has 0 unspecified atom stereocenters. The van der Waals surface area contributed by atoms with Gasteiger partial charge in [-0.15, -0.1) is 0 Å². The molecule has 3 rings (SSSR count). The number of fused-ring (bicyclic) bond motifs is 1. The van der Waals surface area contributed by atoms with Crippen LogP contribution in [0.4, 0.5) is 5.69 Å². The van der Waals surface area contributed by atoms with Crippen LogP contribution in [-0.2, 0) is 0 Å². The molecular formula is C17H23BN2O2S. The van der Waals surface area contributed by atoms with Crippen molar-refractivity contribution >= 4 is 35.3 Å². The van der Waals surface area contributed by atoms with Gasteiger partial charge in [0.1, 0.15) is 12.4 Å². The molecule has 0 aromatic heterocycles. The molecule has 4 nitrogen and oxygen atoms in total. The van der Waals surface area contributed by atoms with Crippen molar-refractivity contribution < 1.29 is 9.76 Å². The predicted octanol–water partition coefficient (Wildman–Crippen LogP) is 2.79. The molecule has 6 heteroatoms. The number of hydrogen-bond donors (Lipinski definition) is 2. The van der Waals surface area contributed by atoms with E-state index in [0.717, 1.165) is 41.8 Å². The highest BCUT2D eigenvalue weighted by atomic mass is 32.2. The van der Waals surface area contributed by atoms with Crippen molar-refractivity contribution in [1.29, 1.82) is 0 Å². The highest BCUT2D eigenvalue weighted by molar-refractivity contribution is 7.99. The van der Waals surface area contributed by atoms with Gasteiger partial charge in [-0.25, -0.2) is 0 Å². The monoisotopic (exact) mass is 330 g/mol. The number of anilines is 1. The van der Waals surface area contributed by atoms with Crippen molar-refractivity contribution in [2.45, 2.75) is 6.82 Å². The van der Waals surface area contributed by atoms with Crippen LogP contribution in [0.5, 0.6) is 5.75 Å². The van der Waals surface area contributed by atoms with Crippen LogP contribution in [0.15, 0.2) is 36.4 Å². The van der Waals surface area contributed by atoms with Crippen LogP contribution >= 0.6 is 11.8 Å². The summed E-state index contributed by atoms with van der Waals surface area (Å²) in [5.41, 5.74) is 0.927. The minimum atomic E-state index is -0.581. The van der Waals surface area contributed by atoms with Crippen LogP contribution in [0, 0.1) is 0 Å². The van der Waals surface area contributed by atoms with Gasteiger partial charge in [-0.05, 0) is 19.0 Å². The van der Waals surface area contributed by atoms with Crippen molar-refractivity contribution in [2.24, 2.45) is 0 Å². The second kappa shape index (κ2) is 7.95. The maximum atomic E-state index is 9.57. The van der Waals surface area contributed by atoms with E-state index >= 15 is 0 Å². The zero-order valence-electron chi connectivity index (χ0n) is 13.5. The molecule has 2 aromatic rings. The largest absolute Gasteiger partial charge is 0.492 e. The standard InChI is InChI=1S/C17H23BN2O2S/c1-18(21)19-16-6-7-17(15-5-3-2-4-14(15)16)22-11-8-20-9-12-23-13-10-20/h2-7,19,21H,8-13H2,1H3. The van der Waals surface area contributed by atoms with Crippen LogP contribution in [0.3, 0.4) is 0 Å². The molecule has 0 aliphatic carbocycles. The van der Waals surface area contributed by atoms with E-state index in [1.807, 2.05) is 36.0 Å². The topological polar surface area (TPSA) is 44.7 Å². The second-order valence-electron chi connectivity index (χ2n) is 5.78. The molecule has 23 heavy (non-hydrogen) atoms. The molecule has 0 bridgehead atoms. The minimum Gasteiger partial charge on any atom is -0.492 e. The van der Waals surface area contributed by atoms with E-state index in [-0.39, 0.29) is 0 Å². The van der Waals surface area contributed by atoms with Crippen molar-refractivity contribution in [2.75, 3.05) is 43.0 Å². The summed E-state index contributed by atoms with van der Waals surface area (Å²) >= 11 is 2.03. The van der Waals surface area contributed by atoms with Gasteiger partial charge in [-0.3, -0.25) is 4.90 Å². The number of rotatable bonds is 6. The zero-order chi connectivity index (χ0) is 16.1. The molecule has 122 valence electrons. The smallest absolute Gasteiger partial charge is 0.406 e. The van der Waals surface area contributed by atoms with Gasteiger partial charge in [0.15, 0.2) is 0 Å². The van der Waals surface area contributed by atoms with Crippen molar-refractivity contribution in [3.8, 4) is 5.75 Å². The molecule has 1 fully saturated rings. The van der Waals surface area contributed by atoms with Crippen LogP contribution < -0.4 is 9.96 Å². The molecule has 0 saturated carbocycles. The third-order valence-electron chi connectivity index (χ3n) is 4.02. The van der Waals surface area contributed by atoms with Crippen LogP contribution in [-0.4, -0.2) is 54.7 Å². The lowest BCUT2D eigenvalue weighted by molar-refractivity contribution is 0.224. The second-order valence-corrected chi connectivity index (χ2v) is 7.00. The first-order chi connectivity index (χ1) is 11.2. The summed E-state index contributed by atoms with van der Waals surface area (Å²) in [7, 11) is -0.581. The van der Waals surface area contributed by atoms with E-state index in [1.54, 1.807) is 6.82 Å². The van der Waals surface area contributed by atoms with Gasteiger partial charge in [0.05, 0.1) is 0 Å². The molecule has 2 aromatic carbocycles. The summed E-state index contributed by atoms with van der Waals surface area (Å²) in [6, 6.07) is 12.1. The lowest BCUT2D eigenvalue weighted by atomic mass is 9.87. The fourth-order valence-corrected chi connectivity index (χ4v) is 3.84. The van der Waals surface area contributed by atoms with Gasteiger partial charge in [0.25, 0.3) is 0 Å². The van der Waals surface area contributed by atoms with E-state index in [9.17, 15) is 5.02 Å². The molecular weight excluding hydrogens is 307 g/mol. The van der Waals surface area contributed by atoms with Gasteiger partial charge in [0.2, 0.25) is 0 Å². The van der Waals surface area contributed by atoms with E-state index in [1.165, 1.54) is 11.5 Å². The number of hydrogen-bond acceptors (Lipinski definition) is 5. The van der Waals surface area contributed by atoms with E-state index in [2.05, 4.69) is 22.3 Å². The van der Waals surface area contributed by atoms with Crippen molar-refractivity contribution in [3.63, 3.8) is 0 Å².